The van der Waals surface area contributed by atoms with Crippen LogP contribution in [-0.2, 0) is 16.0 Å². The van der Waals surface area contributed by atoms with E-state index in [9.17, 15) is 9.59 Å². The number of rotatable bonds is 6. The Kier molecular flexibility index (Phi) is 5.28. The maximum Gasteiger partial charge on any atom is 0.325 e. The van der Waals surface area contributed by atoms with E-state index < -0.39 is 12.0 Å². The molecule has 5 heteroatoms. The number of carbonyl (C=O) groups excluding carboxylic acids is 1. The van der Waals surface area contributed by atoms with Gasteiger partial charge in [0.2, 0.25) is 5.91 Å². The molecule has 0 saturated heterocycles. The number of carbonyl (C=O) groups is 2. The molecule has 3 atom stereocenters. The third-order valence-corrected chi connectivity index (χ3v) is 4.59. The van der Waals surface area contributed by atoms with Crippen molar-refractivity contribution in [2.45, 2.75) is 38.1 Å². The zero-order valence-corrected chi connectivity index (χ0v) is 13.0. The van der Waals surface area contributed by atoms with Crippen LogP contribution in [0.5, 0.6) is 0 Å². The largest absolute Gasteiger partial charge is 0.480 e. The van der Waals surface area contributed by atoms with Crippen LogP contribution in [0.15, 0.2) is 24.3 Å². The van der Waals surface area contributed by atoms with Gasteiger partial charge in [0.1, 0.15) is 6.04 Å². The van der Waals surface area contributed by atoms with Crippen LogP contribution in [0.2, 0.25) is 0 Å². The first-order valence-corrected chi connectivity index (χ1v) is 7.88. The fraction of sp³-hybridized carbons (Fsp3) is 0.500. The summed E-state index contributed by atoms with van der Waals surface area (Å²) in [5, 5.41) is 11.4. The van der Waals surface area contributed by atoms with Gasteiger partial charge in [-0.2, -0.15) is 12.6 Å². The van der Waals surface area contributed by atoms with Crippen LogP contribution < -0.4 is 5.32 Å². The molecule has 1 aliphatic rings. The smallest absolute Gasteiger partial charge is 0.325 e. The molecule has 0 radical (unpaired) electrons. The normalized spacial score (nSPS) is 19.6. The van der Waals surface area contributed by atoms with Gasteiger partial charge in [-0.15, -0.1) is 0 Å². The van der Waals surface area contributed by atoms with Crippen molar-refractivity contribution >= 4 is 24.5 Å². The highest BCUT2D eigenvalue weighted by Crippen LogP contribution is 2.37. The monoisotopic (exact) mass is 307 g/mol. The van der Waals surface area contributed by atoms with Gasteiger partial charge < -0.3 is 10.4 Å². The third-order valence-electron chi connectivity index (χ3n) is 4.15. The van der Waals surface area contributed by atoms with Crippen molar-refractivity contribution in [2.24, 2.45) is 5.92 Å². The van der Waals surface area contributed by atoms with Crippen molar-refractivity contribution in [1.29, 1.82) is 0 Å². The van der Waals surface area contributed by atoms with Crippen LogP contribution in [-0.4, -0.2) is 28.8 Å². The van der Waals surface area contributed by atoms with Gasteiger partial charge in [0, 0.05) is 11.7 Å². The van der Waals surface area contributed by atoms with Gasteiger partial charge in [0.15, 0.2) is 0 Å². The quantitative estimate of drug-likeness (QED) is 0.706. The molecule has 1 amide bonds. The van der Waals surface area contributed by atoms with Crippen molar-refractivity contribution in [3.63, 3.8) is 0 Å². The standard InChI is InChI=1S/C16H21NO3S/c1-10(16(19)20)17-15(18)13(9-21)8-12-7-6-11-4-2-3-5-14(11)12/h2-5,10,12-13,21H,6-9H2,1H3,(H,17,18)(H,19,20)/t10-,12?,13?/m0/s1. The lowest BCUT2D eigenvalue weighted by molar-refractivity contribution is -0.141. The number of amides is 1. The number of nitrogens with one attached hydrogen (secondary N) is 1. The van der Waals surface area contributed by atoms with Crippen molar-refractivity contribution < 1.29 is 14.7 Å². The fourth-order valence-corrected chi connectivity index (χ4v) is 3.21. The molecule has 0 spiro atoms. The molecule has 21 heavy (non-hydrogen) atoms. The Morgan fingerprint density at radius 2 is 2.14 bits per heavy atom. The van der Waals surface area contributed by atoms with Gasteiger partial charge in [-0.1, -0.05) is 24.3 Å². The van der Waals surface area contributed by atoms with Crippen molar-refractivity contribution in [3.8, 4) is 0 Å². The molecule has 0 aromatic heterocycles. The molecule has 1 aromatic carbocycles. The van der Waals surface area contributed by atoms with Crippen molar-refractivity contribution in [2.75, 3.05) is 5.75 Å². The highest BCUT2D eigenvalue weighted by atomic mass is 32.1. The molecule has 4 nitrogen and oxygen atoms in total. The summed E-state index contributed by atoms with van der Waals surface area (Å²) in [7, 11) is 0. The molecule has 1 aromatic rings. The molecule has 2 N–H and O–H groups in total. The maximum absolute atomic E-state index is 12.2. The van der Waals surface area contributed by atoms with E-state index in [4.69, 9.17) is 5.11 Å². The zero-order chi connectivity index (χ0) is 15.4. The first-order valence-electron chi connectivity index (χ1n) is 7.24. The van der Waals surface area contributed by atoms with E-state index in [2.05, 4.69) is 30.1 Å². The topological polar surface area (TPSA) is 66.4 Å². The van der Waals surface area contributed by atoms with Crippen LogP contribution >= 0.6 is 12.6 Å². The van der Waals surface area contributed by atoms with E-state index in [1.165, 1.54) is 18.1 Å². The van der Waals surface area contributed by atoms with Gasteiger partial charge in [-0.05, 0) is 43.2 Å². The molecule has 1 aliphatic carbocycles. The minimum atomic E-state index is -1.02. The summed E-state index contributed by atoms with van der Waals surface area (Å²) in [4.78, 5) is 23.0. The molecule has 114 valence electrons. The molecular weight excluding hydrogens is 286 g/mol. The predicted octanol–water partition coefficient (Wildman–Crippen LogP) is 2.24. The van der Waals surface area contributed by atoms with E-state index in [1.54, 1.807) is 0 Å². The summed E-state index contributed by atoms with van der Waals surface area (Å²) in [6, 6.07) is 7.46. The summed E-state index contributed by atoms with van der Waals surface area (Å²) < 4.78 is 0. The summed E-state index contributed by atoms with van der Waals surface area (Å²) in [5.74, 6) is -0.705. The minimum absolute atomic E-state index is 0.218. The Morgan fingerprint density at radius 1 is 1.43 bits per heavy atom. The van der Waals surface area contributed by atoms with Crippen LogP contribution in [0.3, 0.4) is 0 Å². The number of benzene rings is 1. The van der Waals surface area contributed by atoms with Crippen LogP contribution in [0.1, 0.15) is 36.8 Å². The van der Waals surface area contributed by atoms with Crippen molar-refractivity contribution in [1.82, 2.24) is 5.32 Å². The van der Waals surface area contributed by atoms with Crippen molar-refractivity contribution in [3.05, 3.63) is 35.4 Å². The van der Waals surface area contributed by atoms with Crippen LogP contribution in [0.25, 0.3) is 0 Å². The van der Waals surface area contributed by atoms with E-state index in [-0.39, 0.29) is 11.8 Å². The lowest BCUT2D eigenvalue weighted by Crippen LogP contribution is -2.42. The lowest BCUT2D eigenvalue weighted by atomic mass is 9.90. The molecule has 0 heterocycles. The zero-order valence-electron chi connectivity index (χ0n) is 12.1. The minimum Gasteiger partial charge on any atom is -0.480 e. The molecule has 2 rings (SSSR count). The van der Waals surface area contributed by atoms with Gasteiger partial charge in [-0.3, -0.25) is 9.59 Å². The average molecular weight is 307 g/mol. The second-order valence-corrected chi connectivity index (χ2v) is 5.98. The summed E-state index contributed by atoms with van der Waals surface area (Å²) >= 11 is 4.26. The third kappa shape index (κ3) is 3.79. The van der Waals surface area contributed by atoms with E-state index in [0.717, 1.165) is 19.3 Å². The van der Waals surface area contributed by atoms with E-state index in [1.807, 2.05) is 12.1 Å². The Hall–Kier alpha value is -1.49. The second-order valence-electron chi connectivity index (χ2n) is 5.62. The summed E-state index contributed by atoms with van der Waals surface area (Å²) in [5.41, 5.74) is 2.68. The number of fused-ring (bicyclic) bond motifs is 1. The molecule has 0 bridgehead atoms. The first-order chi connectivity index (χ1) is 10.0. The predicted molar refractivity (Wildman–Crippen MR) is 84.7 cm³/mol. The molecular formula is C16H21NO3S. The molecule has 0 aliphatic heterocycles. The fourth-order valence-electron chi connectivity index (χ4n) is 2.89. The number of carboxylic acids is 1. The molecule has 0 fully saturated rings. The Bertz CT molecular complexity index is 532. The number of hydrogen-bond donors (Lipinski definition) is 3. The lowest BCUT2D eigenvalue weighted by Gasteiger charge is -2.20. The summed E-state index contributed by atoms with van der Waals surface area (Å²) in [6.45, 7) is 1.47. The number of carboxylic acid groups (broad SMARTS) is 1. The highest BCUT2D eigenvalue weighted by Gasteiger charge is 2.28. The van der Waals surface area contributed by atoms with Gasteiger partial charge in [-0.25, -0.2) is 0 Å². The van der Waals surface area contributed by atoms with Gasteiger partial charge in [0.25, 0.3) is 0 Å². The molecule has 2 unspecified atom stereocenters. The summed E-state index contributed by atoms with van der Waals surface area (Å²) in [6.07, 6.45) is 2.82. The molecule has 0 saturated carbocycles. The number of aliphatic carboxylic acids is 1. The van der Waals surface area contributed by atoms with E-state index >= 15 is 0 Å². The SMILES string of the molecule is C[C@H](NC(=O)C(CS)CC1CCc2ccccc21)C(=O)O. The Morgan fingerprint density at radius 3 is 2.81 bits per heavy atom. The number of aryl methyl sites for hydroxylation is 1. The highest BCUT2D eigenvalue weighted by molar-refractivity contribution is 7.80. The Labute approximate surface area is 130 Å². The van der Waals surface area contributed by atoms with Crippen LogP contribution in [0, 0.1) is 5.92 Å². The Balaban J connectivity index is 2.00. The van der Waals surface area contributed by atoms with Crippen LogP contribution in [0.4, 0.5) is 0 Å². The van der Waals surface area contributed by atoms with Gasteiger partial charge >= 0.3 is 5.97 Å². The maximum atomic E-state index is 12.2. The van der Waals surface area contributed by atoms with E-state index in [0.29, 0.717) is 11.7 Å². The number of hydrogen-bond acceptors (Lipinski definition) is 3. The average Bonchev–Trinajstić information content (AvgIpc) is 2.87. The first kappa shape index (κ1) is 15.9. The number of thiol groups is 1. The second kappa shape index (κ2) is 6.98. The van der Waals surface area contributed by atoms with Gasteiger partial charge in [0.05, 0.1) is 0 Å².